The molecule has 0 aliphatic carbocycles. The summed E-state index contributed by atoms with van der Waals surface area (Å²) in [5.41, 5.74) is 1.68. The molecule has 0 saturated carbocycles. The van der Waals surface area contributed by atoms with Crippen molar-refractivity contribution in [1.82, 2.24) is 9.97 Å². The van der Waals surface area contributed by atoms with Crippen LogP contribution < -0.4 is 0 Å². The molecule has 0 bridgehead atoms. The molecule has 0 fully saturated rings. The molecule has 16 heavy (non-hydrogen) atoms. The van der Waals surface area contributed by atoms with Gasteiger partial charge in [-0.2, -0.15) is 0 Å². The molecular formula is C11H8ClIN2O. The van der Waals surface area contributed by atoms with Crippen molar-refractivity contribution in [3.8, 4) is 17.1 Å². The molecule has 0 unspecified atom stereocenters. The third kappa shape index (κ3) is 2.27. The highest BCUT2D eigenvalue weighted by molar-refractivity contribution is 14.1. The lowest BCUT2D eigenvalue weighted by Crippen LogP contribution is -1.96. The van der Waals surface area contributed by atoms with Crippen molar-refractivity contribution in [1.29, 1.82) is 0 Å². The number of aromatic hydroxyl groups is 1. The molecule has 1 aromatic heterocycles. The van der Waals surface area contributed by atoms with Crippen LogP contribution in [0, 0.1) is 10.5 Å². The molecule has 2 aromatic rings. The van der Waals surface area contributed by atoms with E-state index in [9.17, 15) is 5.11 Å². The van der Waals surface area contributed by atoms with E-state index in [-0.39, 0.29) is 5.75 Å². The summed E-state index contributed by atoms with van der Waals surface area (Å²) in [6.45, 7) is 1.89. The Balaban J connectivity index is 2.52. The van der Waals surface area contributed by atoms with E-state index in [1.807, 2.05) is 6.92 Å². The smallest absolute Gasteiger partial charge is 0.161 e. The van der Waals surface area contributed by atoms with Crippen LogP contribution in [-0.2, 0) is 0 Å². The van der Waals surface area contributed by atoms with Crippen LogP contribution >= 0.6 is 34.2 Å². The number of aryl methyl sites for hydroxylation is 1. The molecule has 2 rings (SSSR count). The first-order valence-corrected chi connectivity index (χ1v) is 6.02. The average Bonchev–Trinajstić information content (AvgIpc) is 2.26. The molecule has 0 saturated heterocycles. The molecule has 0 aliphatic rings. The number of halogens is 2. The van der Waals surface area contributed by atoms with Crippen molar-refractivity contribution in [3.05, 3.63) is 38.7 Å². The largest absolute Gasteiger partial charge is 0.508 e. The molecule has 0 aliphatic heterocycles. The van der Waals surface area contributed by atoms with Gasteiger partial charge in [-0.05, 0) is 53.8 Å². The Morgan fingerprint density at radius 2 is 1.81 bits per heavy atom. The van der Waals surface area contributed by atoms with Crippen LogP contribution in [0.15, 0.2) is 24.3 Å². The molecule has 0 amide bonds. The molecule has 1 heterocycles. The maximum absolute atomic E-state index is 9.19. The molecule has 0 spiro atoms. The van der Waals surface area contributed by atoms with Crippen molar-refractivity contribution >= 4 is 34.2 Å². The first kappa shape index (κ1) is 11.6. The van der Waals surface area contributed by atoms with Gasteiger partial charge in [0.05, 0.1) is 9.26 Å². The summed E-state index contributed by atoms with van der Waals surface area (Å²) in [6, 6.07) is 6.71. The second-order valence-corrected chi connectivity index (χ2v) is 4.72. The number of benzene rings is 1. The lowest BCUT2D eigenvalue weighted by atomic mass is 10.2. The fourth-order valence-electron chi connectivity index (χ4n) is 1.26. The first-order valence-electron chi connectivity index (χ1n) is 4.57. The summed E-state index contributed by atoms with van der Waals surface area (Å²) < 4.78 is 0.863. The zero-order valence-electron chi connectivity index (χ0n) is 8.41. The van der Waals surface area contributed by atoms with Crippen molar-refractivity contribution in [3.63, 3.8) is 0 Å². The van der Waals surface area contributed by atoms with Crippen molar-refractivity contribution in [2.24, 2.45) is 0 Å². The topological polar surface area (TPSA) is 46.0 Å². The van der Waals surface area contributed by atoms with Crippen molar-refractivity contribution < 1.29 is 5.11 Å². The number of rotatable bonds is 1. The lowest BCUT2D eigenvalue weighted by molar-refractivity contribution is 0.475. The van der Waals surface area contributed by atoms with Gasteiger partial charge in [-0.25, -0.2) is 9.97 Å². The fraction of sp³-hybridized carbons (Fsp3) is 0.0909. The van der Waals surface area contributed by atoms with Gasteiger partial charge in [0.25, 0.3) is 0 Å². The van der Waals surface area contributed by atoms with E-state index in [4.69, 9.17) is 11.6 Å². The summed E-state index contributed by atoms with van der Waals surface area (Å²) in [5.74, 6) is 0.792. The number of hydrogen-bond donors (Lipinski definition) is 1. The van der Waals surface area contributed by atoms with Gasteiger partial charge in [0.2, 0.25) is 0 Å². The van der Waals surface area contributed by atoms with Crippen LogP contribution in [0.25, 0.3) is 11.4 Å². The Bertz CT molecular complexity index is 505. The molecule has 1 N–H and O–H groups in total. The summed E-state index contributed by atoms with van der Waals surface area (Å²) in [6.07, 6.45) is 0. The van der Waals surface area contributed by atoms with E-state index in [1.54, 1.807) is 24.3 Å². The third-order valence-electron chi connectivity index (χ3n) is 2.10. The summed E-state index contributed by atoms with van der Waals surface area (Å²) in [7, 11) is 0. The Morgan fingerprint density at radius 1 is 1.19 bits per heavy atom. The minimum Gasteiger partial charge on any atom is -0.508 e. The quantitative estimate of drug-likeness (QED) is 0.636. The maximum atomic E-state index is 9.19. The van der Waals surface area contributed by atoms with Gasteiger partial charge in [-0.1, -0.05) is 11.6 Å². The van der Waals surface area contributed by atoms with Crippen LogP contribution in [0.4, 0.5) is 0 Å². The Morgan fingerprint density at radius 3 is 2.38 bits per heavy atom. The molecule has 5 heteroatoms. The van der Waals surface area contributed by atoms with E-state index >= 15 is 0 Å². The number of hydrogen-bond acceptors (Lipinski definition) is 3. The third-order valence-corrected chi connectivity index (χ3v) is 3.99. The first-order chi connectivity index (χ1) is 7.58. The summed E-state index contributed by atoms with van der Waals surface area (Å²) in [5, 5.41) is 9.64. The SMILES string of the molecule is Cc1nc(-c2ccc(O)cc2)nc(Cl)c1I. The zero-order chi connectivity index (χ0) is 11.7. The number of phenols is 1. The van der Waals surface area contributed by atoms with E-state index in [2.05, 4.69) is 32.6 Å². The zero-order valence-corrected chi connectivity index (χ0v) is 11.3. The molecular weight excluding hydrogens is 338 g/mol. The van der Waals surface area contributed by atoms with Crippen LogP contribution in [0.2, 0.25) is 5.15 Å². The lowest BCUT2D eigenvalue weighted by Gasteiger charge is -2.04. The van der Waals surface area contributed by atoms with Gasteiger partial charge < -0.3 is 5.11 Å². The van der Waals surface area contributed by atoms with Crippen LogP contribution in [-0.4, -0.2) is 15.1 Å². The normalized spacial score (nSPS) is 10.4. The van der Waals surface area contributed by atoms with Crippen LogP contribution in [0.3, 0.4) is 0 Å². The highest BCUT2D eigenvalue weighted by Crippen LogP contribution is 2.24. The van der Waals surface area contributed by atoms with Crippen LogP contribution in [0.1, 0.15) is 5.69 Å². The highest BCUT2D eigenvalue weighted by Gasteiger charge is 2.08. The molecule has 0 atom stereocenters. The molecule has 82 valence electrons. The summed E-state index contributed by atoms with van der Waals surface area (Å²) >= 11 is 8.11. The minimum atomic E-state index is 0.220. The van der Waals surface area contributed by atoms with Gasteiger partial charge in [0, 0.05) is 5.56 Å². The van der Waals surface area contributed by atoms with Gasteiger partial charge in [0.1, 0.15) is 10.9 Å². The van der Waals surface area contributed by atoms with Crippen molar-refractivity contribution in [2.45, 2.75) is 6.92 Å². The minimum absolute atomic E-state index is 0.220. The standard InChI is InChI=1S/C11H8ClIN2O/c1-6-9(13)10(12)15-11(14-6)7-2-4-8(16)5-3-7/h2-5,16H,1H3. The highest BCUT2D eigenvalue weighted by atomic mass is 127. The Labute approximate surface area is 112 Å². The Hall–Kier alpha value is -0.880. The Kier molecular flexibility index (Phi) is 3.30. The van der Waals surface area contributed by atoms with Gasteiger partial charge in [-0.3, -0.25) is 0 Å². The van der Waals surface area contributed by atoms with Gasteiger partial charge in [0.15, 0.2) is 5.82 Å². The molecule has 3 nitrogen and oxygen atoms in total. The van der Waals surface area contributed by atoms with E-state index in [0.717, 1.165) is 14.8 Å². The molecule has 1 aromatic carbocycles. The number of nitrogens with zero attached hydrogens (tertiary/aromatic N) is 2. The van der Waals surface area contributed by atoms with E-state index in [1.165, 1.54) is 0 Å². The van der Waals surface area contributed by atoms with Crippen LogP contribution in [0.5, 0.6) is 5.75 Å². The monoisotopic (exact) mass is 346 g/mol. The average molecular weight is 347 g/mol. The fourth-order valence-corrected chi connectivity index (χ4v) is 1.72. The van der Waals surface area contributed by atoms with E-state index < -0.39 is 0 Å². The van der Waals surface area contributed by atoms with Gasteiger partial charge in [-0.15, -0.1) is 0 Å². The second kappa shape index (κ2) is 4.55. The predicted octanol–water partition coefficient (Wildman–Crippen LogP) is 3.42. The van der Waals surface area contributed by atoms with E-state index in [0.29, 0.717) is 11.0 Å². The van der Waals surface area contributed by atoms with Gasteiger partial charge >= 0.3 is 0 Å². The summed E-state index contributed by atoms with van der Waals surface area (Å²) in [4.78, 5) is 8.55. The second-order valence-electron chi connectivity index (χ2n) is 3.28. The predicted molar refractivity (Wildman–Crippen MR) is 71.6 cm³/mol. The molecule has 0 radical (unpaired) electrons. The maximum Gasteiger partial charge on any atom is 0.161 e. The number of phenolic OH excluding ortho intramolecular Hbond substituents is 1. The number of aromatic nitrogens is 2. The van der Waals surface area contributed by atoms with Crippen molar-refractivity contribution in [2.75, 3.05) is 0 Å².